The van der Waals surface area contributed by atoms with Crippen LogP contribution in [0.5, 0.6) is 0 Å². The second-order valence-corrected chi connectivity index (χ2v) is 6.06. The van der Waals surface area contributed by atoms with Crippen molar-refractivity contribution in [1.29, 1.82) is 0 Å². The molecule has 0 aliphatic heterocycles. The van der Waals surface area contributed by atoms with Crippen molar-refractivity contribution in [2.45, 2.75) is 38.1 Å². The minimum Gasteiger partial charge on any atom is -0.378 e. The molecule has 5 nitrogen and oxygen atoms in total. The molecule has 21 heavy (non-hydrogen) atoms. The van der Waals surface area contributed by atoms with Gasteiger partial charge in [0.25, 0.3) is 5.69 Å². The molecule has 1 fully saturated rings. The molecule has 1 aromatic carbocycles. The minimum atomic E-state index is -0.546. The number of nitro benzene ring substituents is 1. The van der Waals surface area contributed by atoms with E-state index >= 15 is 0 Å². The molecule has 1 N–H and O–H groups in total. The summed E-state index contributed by atoms with van der Waals surface area (Å²) >= 11 is 0. The molecule has 1 aromatic rings. The molecule has 6 heteroatoms. The molecule has 0 unspecified atom stereocenters. The first-order chi connectivity index (χ1) is 9.85. The van der Waals surface area contributed by atoms with Crippen molar-refractivity contribution in [1.82, 2.24) is 4.90 Å². The normalized spacial score (nSPS) is 17.2. The molecular weight excluding hydrogens is 273 g/mol. The van der Waals surface area contributed by atoms with Crippen LogP contribution < -0.4 is 5.32 Å². The van der Waals surface area contributed by atoms with E-state index in [-0.39, 0.29) is 11.2 Å². The molecule has 2 rings (SSSR count). The van der Waals surface area contributed by atoms with Gasteiger partial charge in [-0.2, -0.15) is 0 Å². The molecule has 116 valence electrons. The second kappa shape index (κ2) is 5.97. The second-order valence-electron chi connectivity index (χ2n) is 6.06. The van der Waals surface area contributed by atoms with E-state index in [2.05, 4.69) is 10.2 Å². The van der Waals surface area contributed by atoms with Crippen LogP contribution in [0.3, 0.4) is 0 Å². The fraction of sp³-hybridized carbons (Fsp3) is 0.600. The van der Waals surface area contributed by atoms with Crippen molar-refractivity contribution >= 4 is 11.4 Å². The summed E-state index contributed by atoms with van der Waals surface area (Å²) in [6, 6.07) is 2.51. The van der Waals surface area contributed by atoms with Gasteiger partial charge in [-0.3, -0.25) is 10.1 Å². The van der Waals surface area contributed by atoms with Crippen LogP contribution in [-0.4, -0.2) is 36.0 Å². The Morgan fingerprint density at radius 1 is 1.38 bits per heavy atom. The van der Waals surface area contributed by atoms with Crippen LogP contribution in [-0.2, 0) is 0 Å². The zero-order chi connectivity index (χ0) is 15.6. The van der Waals surface area contributed by atoms with Gasteiger partial charge < -0.3 is 10.2 Å². The fourth-order valence-corrected chi connectivity index (χ4v) is 3.04. The molecule has 0 aromatic heterocycles. The summed E-state index contributed by atoms with van der Waals surface area (Å²) in [5.41, 5.74) is 0.626. The molecular formula is C15H22FN3O2. The van der Waals surface area contributed by atoms with Crippen LogP contribution in [0.4, 0.5) is 15.8 Å². The third-order valence-corrected chi connectivity index (χ3v) is 4.56. The Hall–Kier alpha value is -1.69. The van der Waals surface area contributed by atoms with Gasteiger partial charge in [-0.05, 0) is 45.5 Å². The number of anilines is 1. The van der Waals surface area contributed by atoms with E-state index in [1.165, 1.54) is 18.9 Å². The Labute approximate surface area is 124 Å². The minimum absolute atomic E-state index is 0.0240. The van der Waals surface area contributed by atoms with E-state index in [1.807, 2.05) is 14.1 Å². The van der Waals surface area contributed by atoms with Crippen LogP contribution in [0.15, 0.2) is 12.1 Å². The number of halogens is 1. The lowest BCUT2D eigenvalue weighted by Gasteiger charge is -2.36. The number of rotatable bonds is 5. The first kappa shape index (κ1) is 15.7. The van der Waals surface area contributed by atoms with Gasteiger partial charge in [0, 0.05) is 12.1 Å². The average Bonchev–Trinajstić information content (AvgIpc) is 2.89. The van der Waals surface area contributed by atoms with E-state index in [4.69, 9.17) is 0 Å². The smallest absolute Gasteiger partial charge is 0.295 e. The van der Waals surface area contributed by atoms with Crippen molar-refractivity contribution in [2.24, 2.45) is 0 Å². The molecule has 0 bridgehead atoms. The molecule has 0 amide bonds. The van der Waals surface area contributed by atoms with E-state index < -0.39 is 10.7 Å². The maximum atomic E-state index is 13.5. The van der Waals surface area contributed by atoms with Crippen molar-refractivity contribution < 1.29 is 9.31 Å². The first-order valence-electron chi connectivity index (χ1n) is 7.21. The van der Waals surface area contributed by atoms with Gasteiger partial charge in [0.1, 0.15) is 11.5 Å². The lowest BCUT2D eigenvalue weighted by atomic mass is 9.95. The van der Waals surface area contributed by atoms with E-state index in [9.17, 15) is 14.5 Å². The SMILES string of the molecule is Cc1cc(NCC2(N(C)C)CCCC2)c([N+](=O)[O-])cc1F. The fourth-order valence-electron chi connectivity index (χ4n) is 3.04. The summed E-state index contributed by atoms with van der Waals surface area (Å²) in [4.78, 5) is 12.7. The summed E-state index contributed by atoms with van der Waals surface area (Å²) < 4.78 is 13.5. The Balaban J connectivity index is 2.23. The highest BCUT2D eigenvalue weighted by Crippen LogP contribution is 2.35. The van der Waals surface area contributed by atoms with Gasteiger partial charge >= 0.3 is 0 Å². The maximum Gasteiger partial charge on any atom is 0.295 e. The third-order valence-electron chi connectivity index (χ3n) is 4.56. The van der Waals surface area contributed by atoms with Crippen LogP contribution in [0, 0.1) is 22.9 Å². The summed E-state index contributed by atoms with van der Waals surface area (Å²) in [7, 11) is 4.08. The summed E-state index contributed by atoms with van der Waals surface area (Å²) in [5.74, 6) is -0.546. The number of nitrogens with one attached hydrogen (secondary N) is 1. The Morgan fingerprint density at radius 2 is 2.00 bits per heavy atom. The topological polar surface area (TPSA) is 58.4 Å². The number of aryl methyl sites for hydroxylation is 1. The number of nitrogens with zero attached hydrogens (tertiary/aromatic N) is 2. The van der Waals surface area contributed by atoms with Crippen molar-refractivity contribution in [3.05, 3.63) is 33.6 Å². The number of benzene rings is 1. The van der Waals surface area contributed by atoms with Crippen LogP contribution in [0.1, 0.15) is 31.2 Å². The van der Waals surface area contributed by atoms with E-state index in [0.717, 1.165) is 18.9 Å². The number of nitro groups is 1. The largest absolute Gasteiger partial charge is 0.378 e. The van der Waals surface area contributed by atoms with Crippen LogP contribution in [0.2, 0.25) is 0 Å². The third kappa shape index (κ3) is 3.15. The molecule has 1 saturated carbocycles. The molecule has 0 atom stereocenters. The lowest BCUT2D eigenvalue weighted by molar-refractivity contribution is -0.384. The Bertz CT molecular complexity index is 540. The summed E-state index contributed by atoms with van der Waals surface area (Å²) in [6.45, 7) is 2.24. The lowest BCUT2D eigenvalue weighted by Crippen LogP contribution is -2.47. The van der Waals surface area contributed by atoms with Gasteiger partial charge in [0.15, 0.2) is 0 Å². The summed E-state index contributed by atoms with van der Waals surface area (Å²) in [5, 5.41) is 14.3. The zero-order valence-corrected chi connectivity index (χ0v) is 12.8. The van der Waals surface area contributed by atoms with Crippen molar-refractivity contribution in [2.75, 3.05) is 26.0 Å². The van der Waals surface area contributed by atoms with Crippen LogP contribution >= 0.6 is 0 Å². The van der Waals surface area contributed by atoms with Gasteiger partial charge in [-0.1, -0.05) is 12.8 Å². The highest BCUT2D eigenvalue weighted by molar-refractivity contribution is 5.63. The average molecular weight is 295 g/mol. The molecule has 1 aliphatic rings. The van der Waals surface area contributed by atoms with Gasteiger partial charge in [-0.15, -0.1) is 0 Å². The van der Waals surface area contributed by atoms with Crippen molar-refractivity contribution in [3.63, 3.8) is 0 Å². The standard InChI is InChI=1S/C15H22FN3O2/c1-11-8-13(14(19(20)21)9-12(11)16)17-10-15(18(2)3)6-4-5-7-15/h8-9,17H,4-7,10H2,1-3H3. The van der Waals surface area contributed by atoms with Gasteiger partial charge in [0.2, 0.25) is 0 Å². The van der Waals surface area contributed by atoms with Crippen LogP contribution in [0.25, 0.3) is 0 Å². The number of likely N-dealkylation sites (N-methyl/N-ethyl adjacent to an activating group) is 1. The summed E-state index contributed by atoms with van der Waals surface area (Å²) in [6.07, 6.45) is 4.48. The Morgan fingerprint density at radius 3 is 2.52 bits per heavy atom. The van der Waals surface area contributed by atoms with E-state index in [0.29, 0.717) is 17.8 Å². The molecule has 0 saturated heterocycles. The van der Waals surface area contributed by atoms with Gasteiger partial charge in [0.05, 0.1) is 11.0 Å². The zero-order valence-electron chi connectivity index (χ0n) is 12.8. The molecule has 1 aliphatic carbocycles. The molecule has 0 spiro atoms. The van der Waals surface area contributed by atoms with Crippen molar-refractivity contribution in [3.8, 4) is 0 Å². The van der Waals surface area contributed by atoms with Gasteiger partial charge in [-0.25, -0.2) is 4.39 Å². The quantitative estimate of drug-likeness (QED) is 0.668. The predicted octanol–water partition coefficient (Wildman–Crippen LogP) is 3.33. The number of hydrogen-bond donors (Lipinski definition) is 1. The predicted molar refractivity (Wildman–Crippen MR) is 81.2 cm³/mol. The Kier molecular flexibility index (Phi) is 4.46. The van der Waals surface area contributed by atoms with E-state index in [1.54, 1.807) is 6.92 Å². The molecule has 0 radical (unpaired) electrons. The maximum absolute atomic E-state index is 13.5. The first-order valence-corrected chi connectivity index (χ1v) is 7.21. The number of hydrogen-bond acceptors (Lipinski definition) is 4. The monoisotopic (exact) mass is 295 g/mol. The highest BCUT2D eigenvalue weighted by Gasteiger charge is 2.36. The molecule has 0 heterocycles. The highest BCUT2D eigenvalue weighted by atomic mass is 19.1.